The van der Waals surface area contributed by atoms with Crippen molar-refractivity contribution < 1.29 is 0 Å². The molecule has 0 fully saturated rings. The number of aryl methyl sites for hydroxylation is 1. The Hall–Kier alpha value is -1.08. The molecule has 1 aromatic heterocycles. The molecule has 0 aliphatic carbocycles. The lowest BCUT2D eigenvalue weighted by Crippen LogP contribution is -1.70. The van der Waals surface area contributed by atoms with Crippen molar-refractivity contribution in [2.45, 2.75) is 6.92 Å². The highest BCUT2D eigenvalue weighted by Crippen LogP contribution is 2.26. The molecule has 0 nitrogen and oxygen atoms in total. The monoisotopic (exact) mass is 174 g/mol. The Morgan fingerprint density at radius 3 is 3.00 bits per heavy atom. The van der Waals surface area contributed by atoms with Crippen molar-refractivity contribution in [1.29, 1.82) is 0 Å². The molecule has 0 bridgehead atoms. The van der Waals surface area contributed by atoms with Crippen molar-refractivity contribution in [3.63, 3.8) is 0 Å². The summed E-state index contributed by atoms with van der Waals surface area (Å²) in [5.74, 6) is 0. The van der Waals surface area contributed by atoms with Crippen LogP contribution in [0.25, 0.3) is 16.2 Å². The zero-order chi connectivity index (χ0) is 8.55. The van der Waals surface area contributed by atoms with Crippen LogP contribution in [0.2, 0.25) is 0 Å². The molecule has 0 radical (unpaired) electrons. The van der Waals surface area contributed by atoms with Crippen molar-refractivity contribution >= 4 is 27.5 Å². The van der Waals surface area contributed by atoms with E-state index in [0.717, 1.165) is 0 Å². The largest absolute Gasteiger partial charge is 0.144 e. The summed E-state index contributed by atoms with van der Waals surface area (Å²) in [5.41, 5.74) is 2.56. The molecule has 0 aliphatic rings. The van der Waals surface area contributed by atoms with Crippen molar-refractivity contribution in [1.82, 2.24) is 0 Å². The molecule has 1 heterocycles. The molecule has 0 amide bonds. The fourth-order valence-corrected chi connectivity index (χ4v) is 2.30. The molecule has 12 heavy (non-hydrogen) atoms. The lowest BCUT2D eigenvalue weighted by Gasteiger charge is -1.93. The molecule has 0 N–H and O–H groups in total. The van der Waals surface area contributed by atoms with E-state index < -0.39 is 0 Å². The summed E-state index contributed by atoms with van der Waals surface area (Å²) < 4.78 is 1.35. The van der Waals surface area contributed by atoms with E-state index in [1.54, 1.807) is 11.3 Å². The predicted molar refractivity (Wildman–Crippen MR) is 56.7 cm³/mol. The Labute approximate surface area is 76.2 Å². The third kappa shape index (κ3) is 1.07. The van der Waals surface area contributed by atoms with E-state index in [1.165, 1.54) is 21.2 Å². The number of fused-ring (bicyclic) bond motifs is 1. The zero-order valence-electron chi connectivity index (χ0n) is 7.00. The van der Waals surface area contributed by atoms with E-state index >= 15 is 0 Å². The fraction of sp³-hybridized carbons (Fsp3) is 0.0909. The van der Waals surface area contributed by atoms with Crippen LogP contribution in [0.5, 0.6) is 0 Å². The predicted octanol–water partition coefficient (Wildman–Crippen LogP) is 3.85. The maximum atomic E-state index is 3.75. The van der Waals surface area contributed by atoms with Crippen LogP contribution in [0.3, 0.4) is 0 Å². The average molecular weight is 174 g/mol. The van der Waals surface area contributed by atoms with Gasteiger partial charge in [0.05, 0.1) is 0 Å². The summed E-state index contributed by atoms with van der Waals surface area (Å²) in [6.07, 6.45) is 1.88. The summed E-state index contributed by atoms with van der Waals surface area (Å²) in [6.45, 7) is 5.89. The molecule has 2 aromatic rings. The van der Waals surface area contributed by atoms with Gasteiger partial charge >= 0.3 is 0 Å². The van der Waals surface area contributed by atoms with Gasteiger partial charge in [-0.05, 0) is 34.9 Å². The third-order valence-electron chi connectivity index (χ3n) is 2.03. The first-order chi connectivity index (χ1) is 5.81. The summed E-state index contributed by atoms with van der Waals surface area (Å²) in [5, 5.41) is 3.56. The van der Waals surface area contributed by atoms with Crippen molar-refractivity contribution in [3.05, 3.63) is 41.3 Å². The Bertz CT molecular complexity index is 423. The molecular weight excluding hydrogens is 164 g/mol. The second-order valence-corrected chi connectivity index (χ2v) is 3.79. The second kappa shape index (κ2) is 2.76. The van der Waals surface area contributed by atoms with Gasteiger partial charge in [0.1, 0.15) is 0 Å². The van der Waals surface area contributed by atoms with E-state index in [-0.39, 0.29) is 0 Å². The van der Waals surface area contributed by atoms with Crippen LogP contribution in [0.4, 0.5) is 0 Å². The van der Waals surface area contributed by atoms with Gasteiger partial charge in [-0.15, -0.1) is 11.3 Å². The number of hydrogen-bond donors (Lipinski definition) is 0. The minimum absolute atomic E-state index is 1.20. The second-order valence-electron chi connectivity index (χ2n) is 2.88. The first-order valence-electron chi connectivity index (χ1n) is 3.91. The minimum atomic E-state index is 1.20. The smallest absolute Gasteiger partial charge is 0.0351 e. The maximum Gasteiger partial charge on any atom is 0.0351 e. The van der Waals surface area contributed by atoms with Gasteiger partial charge < -0.3 is 0 Å². The zero-order valence-corrected chi connectivity index (χ0v) is 7.82. The van der Waals surface area contributed by atoms with Gasteiger partial charge in [0.25, 0.3) is 0 Å². The lowest BCUT2D eigenvalue weighted by atomic mass is 10.1. The molecule has 1 aromatic carbocycles. The van der Waals surface area contributed by atoms with Crippen LogP contribution in [0.15, 0.2) is 30.2 Å². The van der Waals surface area contributed by atoms with Crippen LogP contribution < -0.4 is 0 Å². The van der Waals surface area contributed by atoms with Gasteiger partial charge in [0.15, 0.2) is 0 Å². The highest BCUT2D eigenvalue weighted by molar-refractivity contribution is 7.17. The van der Waals surface area contributed by atoms with E-state index in [0.29, 0.717) is 0 Å². The van der Waals surface area contributed by atoms with Crippen LogP contribution in [0, 0.1) is 6.92 Å². The summed E-state index contributed by atoms with van der Waals surface area (Å²) in [7, 11) is 0. The Balaban J connectivity index is 2.77. The summed E-state index contributed by atoms with van der Waals surface area (Å²) in [6, 6.07) is 6.45. The Morgan fingerprint density at radius 1 is 1.42 bits per heavy atom. The summed E-state index contributed by atoms with van der Waals surface area (Å²) in [4.78, 5) is 0. The van der Waals surface area contributed by atoms with E-state index in [9.17, 15) is 0 Å². The molecule has 0 atom stereocenters. The molecule has 60 valence electrons. The third-order valence-corrected chi connectivity index (χ3v) is 3.09. The molecule has 0 saturated carbocycles. The molecule has 0 saturated heterocycles. The quantitative estimate of drug-likeness (QED) is 0.616. The molecule has 0 spiro atoms. The van der Waals surface area contributed by atoms with Gasteiger partial charge in [0.2, 0.25) is 0 Å². The average Bonchev–Trinajstić information content (AvgIpc) is 2.47. The minimum Gasteiger partial charge on any atom is -0.144 e. The molecule has 0 aliphatic heterocycles. The molecule has 2 rings (SSSR count). The SMILES string of the molecule is C=Cc1ccc2c(C)csc2c1. The normalized spacial score (nSPS) is 10.4. The van der Waals surface area contributed by atoms with Gasteiger partial charge in [-0.25, -0.2) is 0 Å². The topological polar surface area (TPSA) is 0 Å². The van der Waals surface area contributed by atoms with E-state index in [4.69, 9.17) is 0 Å². The number of rotatable bonds is 1. The van der Waals surface area contributed by atoms with Crippen molar-refractivity contribution in [3.8, 4) is 0 Å². The van der Waals surface area contributed by atoms with Gasteiger partial charge in [-0.3, -0.25) is 0 Å². The standard InChI is InChI=1S/C11H10S/c1-3-9-4-5-10-8(2)7-12-11(10)6-9/h3-7H,1H2,2H3. The van der Waals surface area contributed by atoms with Crippen LogP contribution in [0.1, 0.15) is 11.1 Å². The van der Waals surface area contributed by atoms with Gasteiger partial charge in [-0.2, -0.15) is 0 Å². The van der Waals surface area contributed by atoms with E-state index in [1.807, 2.05) is 6.08 Å². The molecule has 1 heteroatoms. The highest BCUT2D eigenvalue weighted by Gasteiger charge is 1.98. The fourth-order valence-electron chi connectivity index (χ4n) is 1.30. The Kier molecular flexibility index (Phi) is 1.74. The number of thiophene rings is 1. The van der Waals surface area contributed by atoms with E-state index in [2.05, 4.69) is 37.1 Å². The molecular formula is C11H10S. The number of hydrogen-bond acceptors (Lipinski definition) is 1. The molecule has 0 unspecified atom stereocenters. The van der Waals surface area contributed by atoms with Crippen molar-refractivity contribution in [2.24, 2.45) is 0 Å². The van der Waals surface area contributed by atoms with Gasteiger partial charge in [0, 0.05) is 4.70 Å². The Morgan fingerprint density at radius 2 is 2.25 bits per heavy atom. The first kappa shape index (κ1) is 7.56. The van der Waals surface area contributed by atoms with Crippen LogP contribution in [-0.2, 0) is 0 Å². The van der Waals surface area contributed by atoms with Crippen LogP contribution in [-0.4, -0.2) is 0 Å². The van der Waals surface area contributed by atoms with Crippen molar-refractivity contribution in [2.75, 3.05) is 0 Å². The van der Waals surface area contributed by atoms with Gasteiger partial charge in [-0.1, -0.05) is 24.8 Å². The summed E-state index contributed by atoms with van der Waals surface area (Å²) >= 11 is 1.80. The highest BCUT2D eigenvalue weighted by atomic mass is 32.1. The maximum absolute atomic E-state index is 3.75. The first-order valence-corrected chi connectivity index (χ1v) is 4.79. The van der Waals surface area contributed by atoms with Crippen LogP contribution >= 0.6 is 11.3 Å². The lowest BCUT2D eigenvalue weighted by molar-refractivity contribution is 1.59. The number of benzene rings is 1.